The number of rotatable bonds is 5. The zero-order chi connectivity index (χ0) is 23.4. The first-order valence-electron chi connectivity index (χ1n) is 11.7. The summed E-state index contributed by atoms with van der Waals surface area (Å²) in [5.74, 6) is 6.26. The van der Waals surface area contributed by atoms with Crippen molar-refractivity contribution in [2.24, 2.45) is 0 Å². The molecule has 1 aromatic rings. The molecule has 1 saturated carbocycles. The van der Waals surface area contributed by atoms with E-state index in [1.165, 1.54) is 0 Å². The lowest BCUT2D eigenvalue weighted by atomic mass is 9.90. The van der Waals surface area contributed by atoms with Gasteiger partial charge < -0.3 is 19.1 Å². The second kappa shape index (κ2) is 10.3. The SMILES string of the molecule is [C-]#[N+]c1ccc(C#CCOC(C)(C)C)cc1N1CCC(OC2CC(OC(C)(C)C)C2)CC1. The van der Waals surface area contributed by atoms with Crippen LogP contribution in [0.25, 0.3) is 4.85 Å². The molecule has 1 saturated heterocycles. The first kappa shape index (κ1) is 24.6. The summed E-state index contributed by atoms with van der Waals surface area (Å²) in [6.07, 6.45) is 4.91. The second-order valence-corrected chi connectivity index (χ2v) is 10.8. The van der Waals surface area contributed by atoms with Gasteiger partial charge >= 0.3 is 0 Å². The highest BCUT2D eigenvalue weighted by molar-refractivity contribution is 5.73. The summed E-state index contributed by atoms with van der Waals surface area (Å²) < 4.78 is 18.0. The van der Waals surface area contributed by atoms with Crippen LogP contribution in [0.4, 0.5) is 11.4 Å². The molecule has 2 fully saturated rings. The summed E-state index contributed by atoms with van der Waals surface area (Å²) in [5.41, 5.74) is 2.30. The van der Waals surface area contributed by atoms with Gasteiger partial charge in [0.15, 0.2) is 0 Å². The van der Waals surface area contributed by atoms with E-state index < -0.39 is 0 Å². The minimum Gasteiger partial charge on any atom is -0.380 e. The molecule has 5 nitrogen and oxygen atoms in total. The van der Waals surface area contributed by atoms with Gasteiger partial charge in [-0.05, 0) is 73.3 Å². The summed E-state index contributed by atoms with van der Waals surface area (Å²) in [6, 6.07) is 5.84. The van der Waals surface area contributed by atoms with Crippen molar-refractivity contribution in [1.82, 2.24) is 0 Å². The van der Waals surface area contributed by atoms with Crippen LogP contribution in [0.1, 0.15) is 72.8 Å². The number of benzene rings is 1. The molecule has 0 unspecified atom stereocenters. The summed E-state index contributed by atoms with van der Waals surface area (Å²) in [5, 5.41) is 0. The molecule has 0 aromatic heterocycles. The van der Waals surface area contributed by atoms with Gasteiger partial charge in [0.1, 0.15) is 6.61 Å². The molecule has 0 amide bonds. The van der Waals surface area contributed by atoms with Crippen LogP contribution in [0.3, 0.4) is 0 Å². The van der Waals surface area contributed by atoms with E-state index in [-0.39, 0.29) is 11.2 Å². The predicted molar refractivity (Wildman–Crippen MR) is 129 cm³/mol. The lowest BCUT2D eigenvalue weighted by molar-refractivity contribution is -0.164. The van der Waals surface area contributed by atoms with Gasteiger partial charge in [-0.2, -0.15) is 0 Å². The standard InChI is InChI=1S/C27H38N2O3/c1-26(2,3)30-16-8-9-20-10-11-24(28-7)25(17-20)29-14-12-21(13-15-29)31-22-18-23(19-22)32-27(4,5)6/h10-11,17,21-23H,12-16,18-19H2,1-6H3. The van der Waals surface area contributed by atoms with Crippen molar-refractivity contribution in [3.05, 3.63) is 35.2 Å². The van der Waals surface area contributed by atoms with Gasteiger partial charge in [0, 0.05) is 24.3 Å². The van der Waals surface area contributed by atoms with Crippen LogP contribution >= 0.6 is 0 Å². The minimum atomic E-state index is -0.194. The number of ether oxygens (including phenoxy) is 3. The fourth-order valence-corrected chi connectivity index (χ4v) is 4.07. The van der Waals surface area contributed by atoms with Gasteiger partial charge in [-0.25, -0.2) is 4.85 Å². The largest absolute Gasteiger partial charge is 0.380 e. The Labute approximate surface area is 194 Å². The number of hydrogen-bond donors (Lipinski definition) is 0. The Morgan fingerprint density at radius 2 is 1.69 bits per heavy atom. The molecule has 1 aliphatic heterocycles. The molecule has 2 aliphatic rings. The van der Waals surface area contributed by atoms with E-state index in [2.05, 4.69) is 42.4 Å². The monoisotopic (exact) mass is 438 g/mol. The van der Waals surface area contributed by atoms with Crippen LogP contribution in [0.5, 0.6) is 0 Å². The van der Waals surface area contributed by atoms with Crippen molar-refractivity contribution in [2.45, 2.75) is 96.7 Å². The predicted octanol–water partition coefficient (Wildman–Crippen LogP) is 5.74. The number of piperidine rings is 1. The van der Waals surface area contributed by atoms with E-state index in [0.717, 1.165) is 50.0 Å². The van der Waals surface area contributed by atoms with Crippen molar-refractivity contribution < 1.29 is 14.2 Å². The smallest absolute Gasteiger partial charge is 0.209 e. The first-order chi connectivity index (χ1) is 15.0. The average Bonchev–Trinajstić information content (AvgIpc) is 2.68. The van der Waals surface area contributed by atoms with Gasteiger partial charge in [0.2, 0.25) is 5.69 Å². The van der Waals surface area contributed by atoms with Gasteiger partial charge in [0.05, 0.1) is 36.1 Å². The molecule has 1 heterocycles. The van der Waals surface area contributed by atoms with E-state index in [4.69, 9.17) is 20.8 Å². The van der Waals surface area contributed by atoms with Crippen molar-refractivity contribution in [2.75, 3.05) is 24.6 Å². The van der Waals surface area contributed by atoms with Crippen LogP contribution < -0.4 is 4.90 Å². The molecular weight excluding hydrogens is 400 g/mol. The molecule has 0 atom stereocenters. The molecule has 5 heteroatoms. The number of anilines is 1. The summed E-state index contributed by atoms with van der Waals surface area (Å²) in [6.45, 7) is 22.1. The van der Waals surface area contributed by atoms with Crippen molar-refractivity contribution in [3.63, 3.8) is 0 Å². The molecule has 0 bridgehead atoms. The minimum absolute atomic E-state index is 0.0832. The Morgan fingerprint density at radius 3 is 2.28 bits per heavy atom. The van der Waals surface area contributed by atoms with E-state index in [1.807, 2.05) is 39.0 Å². The molecule has 3 rings (SSSR count). The highest BCUT2D eigenvalue weighted by atomic mass is 16.5. The maximum Gasteiger partial charge on any atom is 0.209 e. The van der Waals surface area contributed by atoms with Crippen LogP contribution in [-0.4, -0.2) is 49.2 Å². The third-order valence-electron chi connectivity index (χ3n) is 5.65. The van der Waals surface area contributed by atoms with Crippen molar-refractivity contribution in [1.29, 1.82) is 0 Å². The van der Waals surface area contributed by atoms with Gasteiger partial charge in [-0.1, -0.05) is 24.0 Å². The van der Waals surface area contributed by atoms with E-state index in [9.17, 15) is 0 Å². The Balaban J connectivity index is 1.51. The van der Waals surface area contributed by atoms with Crippen LogP contribution in [-0.2, 0) is 14.2 Å². The summed E-state index contributed by atoms with van der Waals surface area (Å²) in [7, 11) is 0. The summed E-state index contributed by atoms with van der Waals surface area (Å²) in [4.78, 5) is 6.04. The lowest BCUT2D eigenvalue weighted by Crippen LogP contribution is -2.45. The Morgan fingerprint density at radius 1 is 1.00 bits per heavy atom. The molecule has 0 spiro atoms. The molecule has 32 heavy (non-hydrogen) atoms. The molecule has 1 aliphatic carbocycles. The number of nitrogens with zero attached hydrogens (tertiary/aromatic N) is 2. The van der Waals surface area contributed by atoms with Gasteiger partial charge in [-0.3, -0.25) is 0 Å². The topological polar surface area (TPSA) is 35.3 Å². The normalized spacial score (nSPS) is 22.0. The fourth-order valence-electron chi connectivity index (χ4n) is 4.07. The van der Waals surface area contributed by atoms with Gasteiger partial charge in [0.25, 0.3) is 0 Å². The van der Waals surface area contributed by atoms with E-state index >= 15 is 0 Å². The van der Waals surface area contributed by atoms with Crippen LogP contribution in [0, 0.1) is 18.4 Å². The van der Waals surface area contributed by atoms with Gasteiger partial charge in [-0.15, -0.1) is 0 Å². The van der Waals surface area contributed by atoms with Crippen molar-refractivity contribution >= 4 is 11.4 Å². The fraction of sp³-hybridized carbons (Fsp3) is 0.667. The Hall–Kier alpha value is -2.05. The highest BCUT2D eigenvalue weighted by Crippen LogP contribution is 2.35. The molecular formula is C27H38N2O3. The van der Waals surface area contributed by atoms with E-state index in [1.54, 1.807) is 0 Å². The maximum absolute atomic E-state index is 7.56. The highest BCUT2D eigenvalue weighted by Gasteiger charge is 2.35. The molecule has 174 valence electrons. The quantitative estimate of drug-likeness (QED) is 0.434. The summed E-state index contributed by atoms with van der Waals surface area (Å²) >= 11 is 0. The zero-order valence-corrected chi connectivity index (χ0v) is 20.5. The second-order valence-electron chi connectivity index (χ2n) is 10.8. The zero-order valence-electron chi connectivity index (χ0n) is 20.5. The first-order valence-corrected chi connectivity index (χ1v) is 11.7. The van der Waals surface area contributed by atoms with Crippen LogP contribution in [0.15, 0.2) is 18.2 Å². The lowest BCUT2D eigenvalue weighted by Gasteiger charge is -2.42. The van der Waals surface area contributed by atoms with Crippen LogP contribution in [0.2, 0.25) is 0 Å². The van der Waals surface area contributed by atoms with E-state index in [0.29, 0.717) is 30.6 Å². The average molecular weight is 439 g/mol. The Bertz CT molecular complexity index is 865. The third-order valence-corrected chi connectivity index (χ3v) is 5.65. The number of hydrogen-bond acceptors (Lipinski definition) is 4. The molecule has 1 aromatic carbocycles. The third kappa shape index (κ3) is 7.52. The molecule has 0 N–H and O–H groups in total. The Kier molecular flexibility index (Phi) is 7.88. The van der Waals surface area contributed by atoms with Crippen molar-refractivity contribution in [3.8, 4) is 11.8 Å². The maximum atomic E-state index is 7.56. The molecule has 0 radical (unpaired) electrons.